The van der Waals surface area contributed by atoms with Crippen LogP contribution in [0.5, 0.6) is 0 Å². The number of benzene rings is 1. The Hall–Kier alpha value is -2.30. The van der Waals surface area contributed by atoms with Gasteiger partial charge in [-0.3, -0.25) is 0 Å². The molecule has 0 fully saturated rings. The topological polar surface area (TPSA) is 104 Å². The van der Waals surface area contributed by atoms with Crippen molar-refractivity contribution in [2.24, 2.45) is 0 Å². The molecule has 4 aromatic rings. The second kappa shape index (κ2) is 6.64. The van der Waals surface area contributed by atoms with Crippen molar-refractivity contribution < 1.29 is 8.42 Å². The average Bonchev–Trinajstić information content (AvgIpc) is 3.15. The molecule has 1 aromatic carbocycles. The summed E-state index contributed by atoms with van der Waals surface area (Å²) in [6.07, 6.45) is 1.62. The molecule has 3 aromatic heterocycles. The summed E-state index contributed by atoms with van der Waals surface area (Å²) in [6.45, 7) is 5.52. The first-order chi connectivity index (χ1) is 13.2. The molecular formula is C18H16BrN5O2S2. The molecule has 0 amide bonds. The molecule has 0 saturated carbocycles. The first kappa shape index (κ1) is 19.0. The fraction of sp³-hybridized carbons (Fsp3) is 0.167. The Morgan fingerprint density at radius 1 is 1.11 bits per heavy atom. The number of hydrogen-bond acceptors (Lipinski definition) is 7. The van der Waals surface area contributed by atoms with E-state index in [2.05, 4.69) is 31.0 Å². The Kier molecular flexibility index (Phi) is 4.52. The largest absolute Gasteiger partial charge is 0.397 e. The summed E-state index contributed by atoms with van der Waals surface area (Å²) in [7, 11) is -3.89. The van der Waals surface area contributed by atoms with Crippen LogP contribution in [0.1, 0.15) is 16.3 Å². The number of aromatic nitrogens is 4. The van der Waals surface area contributed by atoms with Crippen molar-refractivity contribution in [1.29, 1.82) is 0 Å². The lowest BCUT2D eigenvalue weighted by molar-refractivity contribution is 0.583. The van der Waals surface area contributed by atoms with Gasteiger partial charge in [-0.25, -0.2) is 9.97 Å². The molecule has 2 N–H and O–H groups in total. The summed E-state index contributed by atoms with van der Waals surface area (Å²) in [5.74, 6) is 0.549. The molecule has 7 nitrogen and oxygen atoms in total. The zero-order valence-electron chi connectivity index (χ0n) is 15.3. The van der Waals surface area contributed by atoms with E-state index in [0.717, 1.165) is 14.5 Å². The third-order valence-electron chi connectivity index (χ3n) is 4.35. The molecule has 0 bridgehead atoms. The van der Waals surface area contributed by atoms with Gasteiger partial charge in [0.25, 0.3) is 10.0 Å². The van der Waals surface area contributed by atoms with Crippen LogP contribution in [0.4, 0.5) is 5.69 Å². The molecular weight excluding hydrogens is 462 g/mol. The van der Waals surface area contributed by atoms with Gasteiger partial charge in [-0.1, -0.05) is 17.7 Å². The average molecular weight is 478 g/mol. The molecule has 0 radical (unpaired) electrons. The summed E-state index contributed by atoms with van der Waals surface area (Å²) in [6, 6.07) is 6.67. The lowest BCUT2D eigenvalue weighted by atomic mass is 10.2. The fourth-order valence-electron chi connectivity index (χ4n) is 2.85. The van der Waals surface area contributed by atoms with Crippen LogP contribution in [-0.4, -0.2) is 27.6 Å². The van der Waals surface area contributed by atoms with Gasteiger partial charge in [-0.2, -0.15) is 13.5 Å². The number of aryl methyl sites for hydroxylation is 3. The van der Waals surface area contributed by atoms with Gasteiger partial charge in [0.2, 0.25) is 0 Å². The number of rotatable bonds is 3. The third kappa shape index (κ3) is 2.92. The molecule has 3 heterocycles. The highest BCUT2D eigenvalue weighted by molar-refractivity contribution is 9.10. The predicted octanol–water partition coefficient (Wildman–Crippen LogP) is 4.06. The normalized spacial score (nSPS) is 12.0. The zero-order chi connectivity index (χ0) is 20.2. The number of thiophene rings is 1. The molecule has 0 saturated heterocycles. The van der Waals surface area contributed by atoms with Crippen LogP contribution in [0.15, 0.2) is 39.8 Å². The number of nitrogens with zero attached hydrogens (tertiary/aromatic N) is 4. The highest BCUT2D eigenvalue weighted by atomic mass is 79.9. The van der Waals surface area contributed by atoms with E-state index < -0.39 is 10.0 Å². The van der Waals surface area contributed by atoms with Crippen LogP contribution in [-0.2, 0) is 10.0 Å². The number of anilines is 1. The van der Waals surface area contributed by atoms with Gasteiger partial charge in [0.1, 0.15) is 22.0 Å². The number of hydrogen-bond donors (Lipinski definition) is 1. The SMILES string of the molecule is Cc1ccc(S(=O)(=O)n2nc(-c3nc(C)ncc3Br)c3c(N)c(C)sc32)cc1. The Bertz CT molecular complexity index is 1320. The fourth-order valence-corrected chi connectivity index (χ4v) is 5.75. The van der Waals surface area contributed by atoms with Crippen molar-refractivity contribution in [2.45, 2.75) is 25.7 Å². The maximum Gasteiger partial charge on any atom is 0.284 e. The summed E-state index contributed by atoms with van der Waals surface area (Å²) < 4.78 is 28.3. The zero-order valence-corrected chi connectivity index (χ0v) is 18.5. The Labute approximate surface area is 174 Å². The minimum absolute atomic E-state index is 0.164. The van der Waals surface area contributed by atoms with Crippen LogP contribution < -0.4 is 5.73 Å². The summed E-state index contributed by atoms with van der Waals surface area (Å²) in [4.78, 5) is 10.0. The van der Waals surface area contributed by atoms with Crippen molar-refractivity contribution in [1.82, 2.24) is 19.2 Å². The van der Waals surface area contributed by atoms with E-state index in [-0.39, 0.29) is 4.90 Å². The molecule has 28 heavy (non-hydrogen) atoms. The quantitative estimate of drug-likeness (QED) is 0.476. The molecule has 0 unspecified atom stereocenters. The number of nitrogen functional groups attached to an aromatic ring is 1. The van der Waals surface area contributed by atoms with Gasteiger partial charge in [0, 0.05) is 11.1 Å². The minimum Gasteiger partial charge on any atom is -0.397 e. The van der Waals surface area contributed by atoms with Crippen LogP contribution in [0, 0.1) is 20.8 Å². The Balaban J connectivity index is 2.05. The molecule has 144 valence electrons. The van der Waals surface area contributed by atoms with Crippen molar-refractivity contribution >= 4 is 53.2 Å². The summed E-state index contributed by atoms with van der Waals surface area (Å²) in [5, 5.41) is 5.01. The van der Waals surface area contributed by atoms with Gasteiger partial charge in [-0.15, -0.1) is 15.4 Å². The van der Waals surface area contributed by atoms with Crippen molar-refractivity contribution in [3.05, 3.63) is 51.2 Å². The van der Waals surface area contributed by atoms with Gasteiger partial charge in [0.15, 0.2) is 0 Å². The van der Waals surface area contributed by atoms with Crippen LogP contribution in [0.25, 0.3) is 21.6 Å². The van der Waals surface area contributed by atoms with Crippen molar-refractivity contribution in [2.75, 3.05) is 5.73 Å². The Morgan fingerprint density at radius 2 is 1.79 bits per heavy atom. The first-order valence-electron chi connectivity index (χ1n) is 8.29. The van der Waals surface area contributed by atoms with E-state index in [9.17, 15) is 8.42 Å². The Morgan fingerprint density at radius 3 is 2.46 bits per heavy atom. The molecule has 0 aliphatic heterocycles. The van der Waals surface area contributed by atoms with Crippen molar-refractivity contribution in [3.63, 3.8) is 0 Å². The van der Waals surface area contributed by atoms with E-state index in [4.69, 9.17) is 5.73 Å². The maximum atomic E-state index is 13.3. The minimum atomic E-state index is -3.89. The maximum absolute atomic E-state index is 13.3. The monoisotopic (exact) mass is 477 g/mol. The van der Waals surface area contributed by atoms with Gasteiger partial charge < -0.3 is 5.73 Å². The van der Waals surface area contributed by atoms with E-state index in [0.29, 0.717) is 37.6 Å². The molecule has 0 spiro atoms. The van der Waals surface area contributed by atoms with E-state index >= 15 is 0 Å². The number of nitrogens with two attached hydrogens (primary N) is 1. The highest BCUT2D eigenvalue weighted by Crippen LogP contribution is 2.41. The van der Waals surface area contributed by atoms with Gasteiger partial charge >= 0.3 is 0 Å². The lowest BCUT2D eigenvalue weighted by Gasteiger charge is -2.06. The molecule has 4 rings (SSSR count). The lowest BCUT2D eigenvalue weighted by Crippen LogP contribution is -2.14. The molecule has 0 aliphatic rings. The van der Waals surface area contributed by atoms with Gasteiger partial charge in [-0.05, 0) is 48.8 Å². The molecule has 0 aliphatic carbocycles. The highest BCUT2D eigenvalue weighted by Gasteiger charge is 2.28. The second-order valence-corrected chi connectivity index (χ2v) is 10.2. The molecule has 0 atom stereocenters. The first-order valence-corrected chi connectivity index (χ1v) is 11.3. The van der Waals surface area contributed by atoms with E-state index in [1.807, 2.05) is 13.8 Å². The standard InChI is InChI=1S/C18H16BrN5O2S2/c1-9-4-6-12(7-5-9)28(25,26)24-18-14(15(20)10(2)27-18)17(23-24)16-13(19)8-21-11(3)22-16/h4-8H,20H2,1-3H3. The second-order valence-electron chi connectivity index (χ2n) is 6.38. The predicted molar refractivity (Wildman–Crippen MR) is 114 cm³/mol. The van der Waals surface area contributed by atoms with Crippen LogP contribution >= 0.6 is 27.3 Å². The summed E-state index contributed by atoms with van der Waals surface area (Å²) in [5.41, 5.74) is 8.67. The number of halogens is 1. The van der Waals surface area contributed by atoms with Crippen LogP contribution in [0.3, 0.4) is 0 Å². The number of fused-ring (bicyclic) bond motifs is 1. The van der Waals surface area contributed by atoms with E-state index in [1.54, 1.807) is 37.4 Å². The summed E-state index contributed by atoms with van der Waals surface area (Å²) >= 11 is 4.73. The third-order valence-corrected chi connectivity index (χ3v) is 7.73. The smallest absolute Gasteiger partial charge is 0.284 e. The van der Waals surface area contributed by atoms with Crippen molar-refractivity contribution in [3.8, 4) is 11.4 Å². The molecule has 10 heteroatoms. The van der Waals surface area contributed by atoms with E-state index in [1.165, 1.54) is 11.3 Å². The van der Waals surface area contributed by atoms with Crippen LogP contribution in [0.2, 0.25) is 0 Å². The van der Waals surface area contributed by atoms with Gasteiger partial charge in [0.05, 0.1) is 20.4 Å².